The lowest BCUT2D eigenvalue weighted by Crippen LogP contribution is -2.15. The highest BCUT2D eigenvalue weighted by Crippen LogP contribution is 2.50. The van der Waals surface area contributed by atoms with Crippen molar-refractivity contribution in [2.24, 2.45) is 0 Å². The van der Waals surface area contributed by atoms with Crippen LogP contribution in [0.5, 0.6) is 0 Å². The Bertz CT molecular complexity index is 1530. The molecule has 0 saturated carbocycles. The molecule has 3 aromatic carbocycles. The molecule has 3 heteroatoms. The van der Waals surface area contributed by atoms with Crippen LogP contribution in [0.15, 0.2) is 108 Å². The number of aromatic nitrogens is 1. The van der Waals surface area contributed by atoms with Gasteiger partial charge in [0.15, 0.2) is 0 Å². The minimum Gasteiger partial charge on any atom is -0.391 e. The van der Waals surface area contributed by atoms with E-state index in [4.69, 9.17) is 0 Å². The van der Waals surface area contributed by atoms with Crippen LogP contribution >= 0.6 is 11.8 Å². The third-order valence-corrected chi connectivity index (χ3v) is 8.77. The molecule has 1 aliphatic heterocycles. The quantitative estimate of drug-likeness (QED) is 0.338. The van der Waals surface area contributed by atoms with Crippen molar-refractivity contribution in [3.63, 3.8) is 0 Å². The Hall–Kier alpha value is -3.43. The van der Waals surface area contributed by atoms with Gasteiger partial charge in [0.05, 0.1) is 16.7 Å². The maximum atomic E-state index is 3.56. The van der Waals surface area contributed by atoms with Gasteiger partial charge in [0.25, 0.3) is 0 Å². The van der Waals surface area contributed by atoms with Crippen molar-refractivity contribution < 1.29 is 0 Å². The van der Waals surface area contributed by atoms with Crippen molar-refractivity contribution in [2.45, 2.75) is 28.9 Å². The molecule has 166 valence electrons. The second-order valence-corrected chi connectivity index (χ2v) is 10.5. The number of nitrogens with zero attached hydrogens (tertiary/aromatic N) is 1. The molecular formula is C31H26N2S. The van der Waals surface area contributed by atoms with Crippen LogP contribution < -0.4 is 5.32 Å². The van der Waals surface area contributed by atoms with Crippen LogP contribution in [0.4, 0.5) is 0 Å². The van der Waals surface area contributed by atoms with Gasteiger partial charge in [-0.1, -0.05) is 72.8 Å². The summed E-state index contributed by atoms with van der Waals surface area (Å²) in [6, 6.07) is 24.7. The molecule has 4 aromatic rings. The van der Waals surface area contributed by atoms with E-state index < -0.39 is 0 Å². The molecule has 0 fully saturated rings. The molecule has 0 bridgehead atoms. The molecule has 3 aliphatic rings. The highest BCUT2D eigenvalue weighted by atomic mass is 32.2. The molecule has 7 rings (SSSR count). The zero-order valence-electron chi connectivity index (χ0n) is 19.2. The standard InChI is InChI=1S/C31H26N2S/c1-32-25-12-8-15-28(33-26-13-5-2-9-21(26)22-10-3-6-14-27(22)33)31(25)20-17-18-30-24(19-20)23-11-4-7-16-29(23)34-30/h2-7,9-11,13-19,23,29,32H,8,12H2,1H3. The number of thioether (sulfide) groups is 1. The Morgan fingerprint density at radius 2 is 1.62 bits per heavy atom. The molecule has 2 heterocycles. The average Bonchev–Trinajstić information content (AvgIpc) is 3.43. The maximum absolute atomic E-state index is 3.56. The van der Waals surface area contributed by atoms with Crippen LogP contribution in [0.25, 0.3) is 33.1 Å². The summed E-state index contributed by atoms with van der Waals surface area (Å²) < 4.78 is 2.48. The van der Waals surface area contributed by atoms with Crippen molar-refractivity contribution in [3.8, 4) is 0 Å². The minimum absolute atomic E-state index is 0.466. The van der Waals surface area contributed by atoms with Gasteiger partial charge < -0.3 is 9.88 Å². The zero-order chi connectivity index (χ0) is 22.6. The highest BCUT2D eigenvalue weighted by molar-refractivity contribution is 8.00. The number of fused-ring (bicyclic) bond motifs is 6. The minimum atomic E-state index is 0.466. The normalized spacial score (nSPS) is 21.1. The summed E-state index contributed by atoms with van der Waals surface area (Å²) in [6.45, 7) is 0. The van der Waals surface area contributed by atoms with Gasteiger partial charge >= 0.3 is 0 Å². The van der Waals surface area contributed by atoms with E-state index >= 15 is 0 Å². The SMILES string of the molecule is CNC1=C(c2ccc3c(c2)C2C=CC=CC2S3)C(n2c3ccccc3c3ccccc32)=CCC1. The first-order valence-corrected chi connectivity index (χ1v) is 13.0. The fourth-order valence-corrected chi connectivity index (χ4v) is 7.21. The van der Waals surface area contributed by atoms with E-state index in [0.29, 0.717) is 11.2 Å². The summed E-state index contributed by atoms with van der Waals surface area (Å²) in [7, 11) is 2.07. The lowest BCUT2D eigenvalue weighted by molar-refractivity contribution is 0.843. The number of rotatable bonds is 3. The molecule has 0 saturated heterocycles. The summed E-state index contributed by atoms with van der Waals surface area (Å²) in [5.41, 5.74) is 9.23. The van der Waals surface area contributed by atoms with Gasteiger partial charge in [0.2, 0.25) is 0 Å². The summed E-state index contributed by atoms with van der Waals surface area (Å²) in [4.78, 5) is 1.42. The van der Waals surface area contributed by atoms with Crippen LogP contribution in [0.3, 0.4) is 0 Å². The van der Waals surface area contributed by atoms with Crippen LogP contribution in [-0.2, 0) is 0 Å². The Balaban J connectivity index is 1.45. The van der Waals surface area contributed by atoms with E-state index in [-0.39, 0.29) is 0 Å². The van der Waals surface area contributed by atoms with Crippen molar-refractivity contribution in [1.82, 2.24) is 9.88 Å². The van der Waals surface area contributed by atoms with E-state index in [0.717, 1.165) is 12.8 Å². The van der Waals surface area contributed by atoms with Crippen molar-refractivity contribution in [3.05, 3.63) is 114 Å². The zero-order valence-corrected chi connectivity index (χ0v) is 20.0. The summed E-state index contributed by atoms with van der Waals surface area (Å²) >= 11 is 1.99. The Labute approximate surface area is 204 Å². The smallest absolute Gasteiger partial charge is 0.0541 e. The van der Waals surface area contributed by atoms with Gasteiger partial charge in [-0.25, -0.2) is 0 Å². The molecule has 0 radical (unpaired) electrons. The lowest BCUT2D eigenvalue weighted by atomic mass is 9.87. The first-order chi connectivity index (χ1) is 16.8. The Morgan fingerprint density at radius 1 is 0.882 bits per heavy atom. The van der Waals surface area contributed by atoms with Crippen LogP contribution in [0.1, 0.15) is 29.9 Å². The molecule has 1 N–H and O–H groups in total. The third-order valence-electron chi connectivity index (χ3n) is 7.42. The van der Waals surface area contributed by atoms with Gasteiger partial charge in [-0.2, -0.15) is 0 Å². The molecule has 2 aliphatic carbocycles. The molecule has 1 aromatic heterocycles. The van der Waals surface area contributed by atoms with Crippen molar-refractivity contribution >= 4 is 44.8 Å². The number of para-hydroxylation sites is 2. The number of hydrogen-bond donors (Lipinski definition) is 1. The fraction of sp³-hybridized carbons (Fsp3) is 0.161. The van der Waals surface area contributed by atoms with Gasteiger partial charge in [0, 0.05) is 45.2 Å². The first-order valence-electron chi connectivity index (χ1n) is 12.1. The predicted octanol–water partition coefficient (Wildman–Crippen LogP) is 7.74. The number of hydrogen-bond acceptors (Lipinski definition) is 2. The van der Waals surface area contributed by atoms with E-state index in [1.54, 1.807) is 0 Å². The molecule has 0 amide bonds. The van der Waals surface area contributed by atoms with Gasteiger partial charge in [-0.15, -0.1) is 11.8 Å². The predicted molar refractivity (Wildman–Crippen MR) is 146 cm³/mol. The Kier molecular flexibility index (Phi) is 4.59. The van der Waals surface area contributed by atoms with Gasteiger partial charge in [0.1, 0.15) is 0 Å². The van der Waals surface area contributed by atoms with Gasteiger partial charge in [-0.05, 0) is 48.2 Å². The second kappa shape index (κ2) is 7.82. The first kappa shape index (κ1) is 20.0. The van der Waals surface area contributed by atoms with Crippen LogP contribution in [0, 0.1) is 0 Å². The number of allylic oxidation sites excluding steroid dienone is 7. The van der Waals surface area contributed by atoms with E-state index in [1.165, 1.54) is 54.8 Å². The average molecular weight is 459 g/mol. The van der Waals surface area contributed by atoms with E-state index in [9.17, 15) is 0 Å². The van der Waals surface area contributed by atoms with Crippen molar-refractivity contribution in [1.29, 1.82) is 0 Å². The van der Waals surface area contributed by atoms with E-state index in [2.05, 4.69) is 114 Å². The number of benzene rings is 3. The van der Waals surface area contributed by atoms with Gasteiger partial charge in [-0.3, -0.25) is 0 Å². The van der Waals surface area contributed by atoms with Crippen molar-refractivity contribution in [2.75, 3.05) is 7.05 Å². The number of nitrogens with one attached hydrogen (secondary N) is 1. The Morgan fingerprint density at radius 3 is 2.38 bits per heavy atom. The third kappa shape index (κ3) is 2.90. The summed E-state index contributed by atoms with van der Waals surface area (Å²) in [5.74, 6) is 0.466. The topological polar surface area (TPSA) is 17.0 Å². The second-order valence-electron chi connectivity index (χ2n) is 9.23. The highest BCUT2D eigenvalue weighted by Gasteiger charge is 2.32. The molecule has 2 nitrogen and oxygen atoms in total. The van der Waals surface area contributed by atoms with Crippen LogP contribution in [-0.4, -0.2) is 16.9 Å². The summed E-state index contributed by atoms with van der Waals surface area (Å²) in [6.07, 6.45) is 13.6. The van der Waals surface area contributed by atoms with E-state index in [1.807, 2.05) is 11.8 Å². The monoisotopic (exact) mass is 458 g/mol. The molecule has 0 spiro atoms. The molecule has 34 heavy (non-hydrogen) atoms. The maximum Gasteiger partial charge on any atom is 0.0541 e. The molecular weight excluding hydrogens is 432 g/mol. The van der Waals surface area contributed by atoms with Crippen LogP contribution in [0.2, 0.25) is 0 Å². The molecule has 2 atom stereocenters. The fourth-order valence-electron chi connectivity index (χ4n) is 5.89. The largest absolute Gasteiger partial charge is 0.391 e. The molecule has 2 unspecified atom stereocenters. The lowest BCUT2D eigenvalue weighted by Gasteiger charge is -2.25. The summed E-state index contributed by atoms with van der Waals surface area (Å²) in [5, 5.41) is 6.70.